The first-order chi connectivity index (χ1) is 14.6. The van der Waals surface area contributed by atoms with Crippen LogP contribution in [0.5, 0.6) is 11.5 Å². The lowest BCUT2D eigenvalue weighted by Crippen LogP contribution is -2.22. The molecule has 2 aromatic heterocycles. The van der Waals surface area contributed by atoms with Gasteiger partial charge in [0, 0.05) is 17.7 Å². The molecule has 30 heavy (non-hydrogen) atoms. The normalized spacial score (nSPS) is 15.7. The van der Waals surface area contributed by atoms with Crippen LogP contribution in [0.1, 0.15) is 22.4 Å². The molecule has 7 nitrogen and oxygen atoms in total. The molecule has 0 bridgehead atoms. The third kappa shape index (κ3) is 3.71. The topological polar surface area (TPSA) is 82.8 Å². The summed E-state index contributed by atoms with van der Waals surface area (Å²) in [5, 5.41) is 11.7. The van der Waals surface area contributed by atoms with Crippen molar-refractivity contribution in [3.8, 4) is 11.5 Å². The van der Waals surface area contributed by atoms with Gasteiger partial charge in [-0.2, -0.15) is 0 Å². The number of rotatable bonds is 7. The minimum atomic E-state index is -0.662. The molecule has 1 aliphatic heterocycles. The molecular weight excluding hydrogens is 424 g/mol. The highest BCUT2D eigenvalue weighted by Gasteiger charge is 2.22. The average molecular weight is 447 g/mol. The average Bonchev–Trinajstić information content (AvgIpc) is 3.44. The smallest absolute Gasteiger partial charge is 0.262 e. The van der Waals surface area contributed by atoms with Crippen LogP contribution >= 0.6 is 23.1 Å². The molecule has 3 heterocycles. The van der Waals surface area contributed by atoms with Gasteiger partial charge in [0.15, 0.2) is 16.7 Å². The molecule has 9 heteroatoms. The fourth-order valence-corrected chi connectivity index (χ4v) is 5.98. The standard InChI is InChI=1S/C21H22N2O5S2/c1-23-20(25)18-14-3-2-4-17(14)30-19(18)22-21(23)29-10-13(24)9-26-8-12-5-6-15-16(7-12)28-11-27-15/h5-7,13,24H,2-4,8-11H2,1H3. The molecule has 0 amide bonds. The third-order valence-corrected chi connectivity index (χ3v) is 7.69. The zero-order valence-electron chi connectivity index (χ0n) is 16.6. The van der Waals surface area contributed by atoms with Crippen LogP contribution in [-0.4, -0.2) is 39.9 Å². The maximum absolute atomic E-state index is 12.8. The Hall–Kier alpha value is -2.07. The summed E-state index contributed by atoms with van der Waals surface area (Å²) in [6, 6.07) is 5.66. The van der Waals surface area contributed by atoms with E-state index in [0.717, 1.165) is 40.8 Å². The van der Waals surface area contributed by atoms with Crippen LogP contribution in [0, 0.1) is 0 Å². The van der Waals surface area contributed by atoms with Crippen molar-refractivity contribution in [3.63, 3.8) is 0 Å². The van der Waals surface area contributed by atoms with E-state index in [2.05, 4.69) is 0 Å². The molecule has 0 saturated heterocycles. The van der Waals surface area contributed by atoms with E-state index in [9.17, 15) is 9.90 Å². The quantitative estimate of drug-likeness (QED) is 0.441. The second-order valence-electron chi connectivity index (χ2n) is 7.46. The Morgan fingerprint density at radius 3 is 3.10 bits per heavy atom. The number of hydrogen-bond donors (Lipinski definition) is 1. The van der Waals surface area contributed by atoms with Gasteiger partial charge in [0.1, 0.15) is 4.83 Å². The number of aliphatic hydroxyl groups excluding tert-OH is 1. The number of benzene rings is 1. The first kappa shape index (κ1) is 19.9. The number of thioether (sulfide) groups is 1. The summed E-state index contributed by atoms with van der Waals surface area (Å²) in [7, 11) is 1.75. The molecule has 1 unspecified atom stereocenters. The number of aromatic nitrogens is 2. The number of nitrogens with zero attached hydrogens (tertiary/aromatic N) is 2. The fraction of sp³-hybridized carbons (Fsp3) is 0.429. The van der Waals surface area contributed by atoms with Crippen molar-refractivity contribution >= 4 is 33.3 Å². The predicted molar refractivity (Wildman–Crippen MR) is 116 cm³/mol. The zero-order valence-corrected chi connectivity index (χ0v) is 18.2. The fourth-order valence-electron chi connectivity index (χ4n) is 3.80. The summed E-state index contributed by atoms with van der Waals surface area (Å²) in [5.41, 5.74) is 2.16. The maximum Gasteiger partial charge on any atom is 0.262 e. The highest BCUT2D eigenvalue weighted by atomic mass is 32.2. The van der Waals surface area contributed by atoms with Gasteiger partial charge in [0.05, 0.1) is 24.7 Å². The van der Waals surface area contributed by atoms with E-state index in [1.54, 1.807) is 23.0 Å². The van der Waals surface area contributed by atoms with Gasteiger partial charge in [0.25, 0.3) is 5.56 Å². The van der Waals surface area contributed by atoms with Gasteiger partial charge in [-0.3, -0.25) is 9.36 Å². The molecule has 0 radical (unpaired) electrons. The second-order valence-corrected chi connectivity index (χ2v) is 9.53. The van der Waals surface area contributed by atoms with Crippen LogP contribution in [0.15, 0.2) is 28.2 Å². The van der Waals surface area contributed by atoms with Crippen LogP contribution in [0.4, 0.5) is 0 Å². The Kier molecular flexibility index (Phi) is 5.44. The largest absolute Gasteiger partial charge is 0.454 e. The lowest BCUT2D eigenvalue weighted by Gasteiger charge is -2.12. The molecule has 1 atom stereocenters. The number of aryl methyl sites for hydroxylation is 2. The van der Waals surface area contributed by atoms with Crippen LogP contribution in [0.3, 0.4) is 0 Å². The van der Waals surface area contributed by atoms with Gasteiger partial charge < -0.3 is 19.3 Å². The lowest BCUT2D eigenvalue weighted by atomic mass is 10.2. The van der Waals surface area contributed by atoms with Crippen molar-refractivity contribution in [3.05, 3.63) is 44.6 Å². The molecule has 0 saturated carbocycles. The van der Waals surface area contributed by atoms with Gasteiger partial charge in [-0.15, -0.1) is 11.3 Å². The highest BCUT2D eigenvalue weighted by Crippen LogP contribution is 2.35. The summed E-state index contributed by atoms with van der Waals surface area (Å²) >= 11 is 3.01. The van der Waals surface area contributed by atoms with Crippen molar-refractivity contribution in [1.29, 1.82) is 0 Å². The Balaban J connectivity index is 1.18. The van der Waals surface area contributed by atoms with E-state index in [-0.39, 0.29) is 19.0 Å². The molecule has 1 aliphatic carbocycles. The Morgan fingerprint density at radius 1 is 1.33 bits per heavy atom. The van der Waals surface area contributed by atoms with Gasteiger partial charge >= 0.3 is 0 Å². The summed E-state index contributed by atoms with van der Waals surface area (Å²) in [6.07, 6.45) is 2.47. The van der Waals surface area contributed by atoms with E-state index in [4.69, 9.17) is 19.2 Å². The minimum absolute atomic E-state index is 0.00967. The SMILES string of the molecule is Cn1c(SCC(O)COCc2ccc3c(c2)OCO3)nc2sc3c(c2c1=O)CCC3. The molecule has 1 N–H and O–H groups in total. The summed E-state index contributed by atoms with van der Waals surface area (Å²) in [5.74, 6) is 1.85. The highest BCUT2D eigenvalue weighted by molar-refractivity contribution is 7.99. The lowest BCUT2D eigenvalue weighted by molar-refractivity contribution is 0.0397. The Labute approximate surface area is 181 Å². The monoisotopic (exact) mass is 446 g/mol. The van der Waals surface area contributed by atoms with Gasteiger partial charge in [-0.1, -0.05) is 17.8 Å². The van der Waals surface area contributed by atoms with Crippen molar-refractivity contribution in [1.82, 2.24) is 9.55 Å². The van der Waals surface area contributed by atoms with Crippen molar-refractivity contribution < 1.29 is 19.3 Å². The van der Waals surface area contributed by atoms with Crippen LogP contribution in [-0.2, 0) is 31.2 Å². The van der Waals surface area contributed by atoms with E-state index < -0.39 is 6.10 Å². The molecule has 158 valence electrons. The van der Waals surface area contributed by atoms with E-state index in [1.807, 2.05) is 18.2 Å². The van der Waals surface area contributed by atoms with Crippen molar-refractivity contribution in [2.75, 3.05) is 19.2 Å². The van der Waals surface area contributed by atoms with Gasteiger partial charge in [-0.05, 0) is 42.5 Å². The third-order valence-electron chi connectivity index (χ3n) is 5.33. The molecule has 5 rings (SSSR count). The summed E-state index contributed by atoms with van der Waals surface area (Å²) in [4.78, 5) is 19.7. The summed E-state index contributed by atoms with van der Waals surface area (Å²) in [6.45, 7) is 0.818. The van der Waals surface area contributed by atoms with E-state index in [0.29, 0.717) is 23.3 Å². The maximum atomic E-state index is 12.8. The van der Waals surface area contributed by atoms with E-state index in [1.165, 1.54) is 22.2 Å². The van der Waals surface area contributed by atoms with Crippen molar-refractivity contribution in [2.24, 2.45) is 7.05 Å². The zero-order chi connectivity index (χ0) is 20.7. The first-order valence-corrected chi connectivity index (χ1v) is 11.7. The molecule has 3 aromatic rings. The molecule has 0 fully saturated rings. The van der Waals surface area contributed by atoms with E-state index >= 15 is 0 Å². The van der Waals surface area contributed by atoms with Gasteiger partial charge in [0.2, 0.25) is 6.79 Å². The van der Waals surface area contributed by atoms with Crippen LogP contribution < -0.4 is 15.0 Å². The second kappa shape index (κ2) is 8.22. The molecule has 1 aromatic carbocycles. The minimum Gasteiger partial charge on any atom is -0.454 e. The van der Waals surface area contributed by atoms with Crippen LogP contribution in [0.2, 0.25) is 0 Å². The molecular formula is C21H22N2O5S2. The van der Waals surface area contributed by atoms with Crippen molar-refractivity contribution in [2.45, 2.75) is 37.1 Å². The number of ether oxygens (including phenoxy) is 3. The summed E-state index contributed by atoms with van der Waals surface area (Å²) < 4.78 is 17.9. The molecule has 2 aliphatic rings. The predicted octanol–water partition coefficient (Wildman–Crippen LogP) is 2.88. The van der Waals surface area contributed by atoms with Gasteiger partial charge in [-0.25, -0.2) is 4.98 Å². The number of thiophene rings is 1. The Bertz CT molecular complexity index is 1160. The molecule has 0 spiro atoms. The number of hydrogen-bond acceptors (Lipinski definition) is 8. The first-order valence-electron chi connectivity index (χ1n) is 9.88. The Morgan fingerprint density at radius 2 is 2.20 bits per heavy atom. The number of fused-ring (bicyclic) bond motifs is 4. The van der Waals surface area contributed by atoms with Crippen LogP contribution in [0.25, 0.3) is 10.2 Å². The number of aliphatic hydroxyl groups is 1.